The molecule has 4 saturated heterocycles. The number of carbonyl (C=O) groups is 4. The largest absolute Gasteiger partial charge is 0.508 e. The van der Waals surface area contributed by atoms with Gasteiger partial charge in [0.2, 0.25) is 23.6 Å². The molecule has 0 spiro atoms. The van der Waals surface area contributed by atoms with Crippen LogP contribution in [0.2, 0.25) is 5.02 Å². The Morgan fingerprint density at radius 1 is 0.867 bits per heavy atom. The number of likely N-dealkylation sites (tertiary alicyclic amines) is 2. The zero-order valence-corrected chi connectivity index (χ0v) is 50.1. The van der Waals surface area contributed by atoms with Crippen LogP contribution in [0.3, 0.4) is 0 Å². The predicted molar refractivity (Wildman–Crippen MR) is 325 cm³/mol. The number of rotatable bonds is 17. The molecule has 3 N–H and O–H groups in total. The monoisotopic (exact) mass is 1170 g/mol. The van der Waals surface area contributed by atoms with Crippen LogP contribution in [0.4, 0.5) is 10.2 Å². The maximum atomic E-state index is 17.2. The van der Waals surface area contributed by atoms with Gasteiger partial charge in [0.15, 0.2) is 5.82 Å². The Morgan fingerprint density at radius 3 is 2.27 bits per heavy atom. The number of aromatic hydroxyl groups is 1. The van der Waals surface area contributed by atoms with Crippen molar-refractivity contribution in [3.8, 4) is 33.3 Å². The lowest BCUT2D eigenvalue weighted by Crippen LogP contribution is -2.59. The molecule has 0 bridgehead atoms. The van der Waals surface area contributed by atoms with E-state index in [1.54, 1.807) is 33.3 Å². The van der Waals surface area contributed by atoms with Crippen LogP contribution in [0.5, 0.6) is 11.8 Å². The normalized spacial score (nSPS) is 19.0. The minimum atomic E-state index is -0.791. The molecule has 4 aliphatic rings. The first-order valence-corrected chi connectivity index (χ1v) is 30.4. The van der Waals surface area contributed by atoms with E-state index >= 15 is 4.39 Å². The van der Waals surface area contributed by atoms with Gasteiger partial charge in [0.25, 0.3) is 0 Å². The summed E-state index contributed by atoms with van der Waals surface area (Å²) in [5, 5.41) is 19.0. The highest BCUT2D eigenvalue weighted by molar-refractivity contribution is 7.13. The third-order valence-electron chi connectivity index (χ3n) is 16.9. The van der Waals surface area contributed by atoms with E-state index in [0.717, 1.165) is 91.1 Å². The molecule has 6 heterocycles. The molecule has 2 aromatic heterocycles. The topological polar surface area (TPSA) is 180 Å². The second kappa shape index (κ2) is 25.6. The maximum absolute atomic E-state index is 17.2. The first-order chi connectivity index (χ1) is 39.8. The van der Waals surface area contributed by atoms with Crippen molar-refractivity contribution in [2.45, 2.75) is 91.5 Å². The van der Waals surface area contributed by atoms with Gasteiger partial charge in [0.1, 0.15) is 35.3 Å². The Balaban J connectivity index is 0.704. The highest BCUT2D eigenvalue weighted by Gasteiger charge is 2.42. The Kier molecular flexibility index (Phi) is 18.3. The van der Waals surface area contributed by atoms with Crippen molar-refractivity contribution in [2.75, 3.05) is 96.5 Å². The van der Waals surface area contributed by atoms with Crippen LogP contribution in [0.1, 0.15) is 77.6 Å². The number of benzene rings is 4. The van der Waals surface area contributed by atoms with Gasteiger partial charge in [-0.2, -0.15) is 9.97 Å². The zero-order valence-electron chi connectivity index (χ0n) is 48.5. The lowest BCUT2D eigenvalue weighted by molar-refractivity contribution is -0.144. The Hall–Kier alpha value is -6.77. The second-order valence-electron chi connectivity index (χ2n) is 23.9. The number of hydrogen-bond acceptors (Lipinski definition) is 14. The molecule has 4 atom stereocenters. The molecule has 0 radical (unpaired) electrons. The summed E-state index contributed by atoms with van der Waals surface area (Å²) in [4.78, 5) is 81.9. The number of fused-ring (bicyclic) bond motifs is 2. The summed E-state index contributed by atoms with van der Waals surface area (Å²) in [6, 6.07) is 18.8. The number of nitrogens with zero attached hydrogens (tertiary/aromatic N) is 9. The molecule has 4 aliphatic heterocycles. The molecule has 0 saturated carbocycles. The van der Waals surface area contributed by atoms with Crippen LogP contribution in [0.15, 0.2) is 84.9 Å². The fourth-order valence-electron chi connectivity index (χ4n) is 12.3. The van der Waals surface area contributed by atoms with Gasteiger partial charge < -0.3 is 40.1 Å². The maximum Gasteiger partial charge on any atom is 0.319 e. The molecule has 17 nitrogen and oxygen atoms in total. The van der Waals surface area contributed by atoms with Crippen LogP contribution in [-0.2, 0) is 19.2 Å². The number of phenols is 1. The summed E-state index contributed by atoms with van der Waals surface area (Å²) in [6.07, 6.45) is 4.17. The van der Waals surface area contributed by atoms with Gasteiger partial charge in [0.05, 0.1) is 33.7 Å². The van der Waals surface area contributed by atoms with E-state index in [-0.39, 0.29) is 70.2 Å². The van der Waals surface area contributed by atoms with Crippen molar-refractivity contribution in [2.24, 2.45) is 11.3 Å². The number of aromatic nitrogens is 3. The first-order valence-electron chi connectivity index (χ1n) is 29.1. The van der Waals surface area contributed by atoms with Crippen molar-refractivity contribution in [3.63, 3.8) is 0 Å². The minimum Gasteiger partial charge on any atom is -0.508 e. The van der Waals surface area contributed by atoms with Gasteiger partial charge in [-0.05, 0) is 123 Å². The van der Waals surface area contributed by atoms with Crippen LogP contribution >= 0.6 is 22.9 Å². The van der Waals surface area contributed by atoms with E-state index in [1.165, 1.54) is 12.1 Å². The molecular formula is C63H77ClFN11O6S. The molecule has 10 rings (SSSR count). The van der Waals surface area contributed by atoms with Crippen molar-refractivity contribution in [3.05, 3.63) is 107 Å². The molecule has 4 aromatic carbocycles. The molecule has 0 aliphatic carbocycles. The Morgan fingerprint density at radius 2 is 1.58 bits per heavy atom. The number of phenolic OH excluding ortho intramolecular Hbond substituents is 1. The molecule has 6 aromatic rings. The van der Waals surface area contributed by atoms with Crippen LogP contribution in [0, 0.1) is 24.1 Å². The summed E-state index contributed by atoms with van der Waals surface area (Å²) in [6.45, 7) is 24.5. The van der Waals surface area contributed by atoms with E-state index in [1.807, 2.05) is 88.4 Å². The third-order valence-corrected chi connectivity index (χ3v) is 18.2. The van der Waals surface area contributed by atoms with Crippen LogP contribution in [0.25, 0.3) is 43.2 Å². The highest BCUT2D eigenvalue weighted by atomic mass is 35.5. The van der Waals surface area contributed by atoms with Gasteiger partial charge in [-0.3, -0.25) is 29.0 Å². The van der Waals surface area contributed by atoms with Gasteiger partial charge in [-0.15, -0.1) is 11.3 Å². The number of hydrogen-bond donors (Lipinski definition) is 3. The molecule has 4 fully saturated rings. The lowest BCUT2D eigenvalue weighted by atomic mass is 9.85. The number of aryl methyl sites for hydroxylation is 1. The predicted octanol–water partition coefficient (Wildman–Crippen LogP) is 8.71. The summed E-state index contributed by atoms with van der Waals surface area (Å²) >= 11 is 8.57. The third kappa shape index (κ3) is 13.6. The molecular weight excluding hydrogens is 1090 g/mol. The standard InChI is InChI=1S/C63H77ClFN11O6S/c1-8-53(79)74-28-30-75(31-29-74)59-49-34-50(64)54(48-33-46(77)32-45-12-9-10-13-47(45)48)55(65)56(49)69-62(70-59)82-39(2)35-72-24-26-73(27-25-72)36-42-19-22-71(23-20-42)37-52(78)68-58(63(5,6)7)61(81)76-21-11-14-51(76)60(80)67-40(3)43-15-17-44(18-16-43)57-41(4)66-38-83-57/h8-10,12-13,15-18,32-34,38-40,42,51,58,77H,1,11,14,19-31,35-37H2,2-7H3,(H,67,80)(H,68,78)/t39-,40+,51+,58-/m1/s1. The Bertz CT molecular complexity index is 3350. The van der Waals surface area contributed by atoms with Gasteiger partial charge in [0, 0.05) is 82.9 Å². The number of nitrogens with one attached hydrogen (secondary N) is 2. The number of anilines is 1. The minimum absolute atomic E-state index is 0.0189. The van der Waals surface area contributed by atoms with Crippen molar-refractivity contribution < 1.29 is 33.4 Å². The van der Waals surface area contributed by atoms with E-state index in [4.69, 9.17) is 26.3 Å². The summed E-state index contributed by atoms with van der Waals surface area (Å²) in [7, 11) is 0. The number of piperidine rings is 1. The summed E-state index contributed by atoms with van der Waals surface area (Å²) in [5.41, 5.74) is 4.90. The second-order valence-corrected chi connectivity index (χ2v) is 25.2. The number of thiazole rings is 1. The van der Waals surface area contributed by atoms with Crippen LogP contribution in [-0.4, -0.2) is 178 Å². The quantitative estimate of drug-likeness (QED) is 0.0739. The van der Waals surface area contributed by atoms with Gasteiger partial charge in [-0.25, -0.2) is 9.37 Å². The average Bonchev–Trinajstić information content (AvgIpc) is 4.31. The molecule has 440 valence electrons. The number of ether oxygens (including phenoxy) is 1. The first kappa shape index (κ1) is 59.4. The zero-order chi connectivity index (χ0) is 58.7. The molecule has 20 heteroatoms. The fraction of sp³-hybridized carbons (Fsp3) is 0.476. The number of halogens is 2. The van der Waals surface area contributed by atoms with E-state index < -0.39 is 23.3 Å². The van der Waals surface area contributed by atoms with Crippen molar-refractivity contribution in [1.82, 2.24) is 50.1 Å². The smallest absolute Gasteiger partial charge is 0.319 e. The van der Waals surface area contributed by atoms with E-state index in [0.29, 0.717) is 74.8 Å². The number of carbonyl (C=O) groups excluding carboxylic acids is 4. The fourth-order valence-corrected chi connectivity index (χ4v) is 13.4. The number of amides is 4. The summed E-state index contributed by atoms with van der Waals surface area (Å²) < 4.78 is 23.7. The van der Waals surface area contributed by atoms with Crippen LogP contribution < -0.4 is 20.3 Å². The van der Waals surface area contributed by atoms with E-state index in [9.17, 15) is 24.3 Å². The van der Waals surface area contributed by atoms with Crippen molar-refractivity contribution in [1.29, 1.82) is 0 Å². The molecule has 0 unspecified atom stereocenters. The lowest BCUT2D eigenvalue weighted by Gasteiger charge is -2.39. The molecule has 83 heavy (non-hydrogen) atoms. The van der Waals surface area contributed by atoms with Gasteiger partial charge >= 0.3 is 6.01 Å². The molecule has 4 amide bonds. The van der Waals surface area contributed by atoms with Gasteiger partial charge in [-0.1, -0.05) is 87.5 Å². The van der Waals surface area contributed by atoms with Crippen molar-refractivity contribution >= 4 is 74.1 Å². The average molecular weight is 1170 g/mol. The number of piperazine rings is 2. The van der Waals surface area contributed by atoms with E-state index in [2.05, 4.69) is 49.0 Å². The summed E-state index contributed by atoms with van der Waals surface area (Å²) in [5.74, 6) is -0.474. The SMILES string of the molecule is C=CC(=O)N1CCN(c2nc(O[C@H](C)CN3CCN(CC4CCN(CC(=O)N[C@H](C(=O)N5CCC[C@H]5C(=O)N[C@@H](C)c5ccc(-c6scnc6C)cc5)C(C)(C)C)CC4)CC3)nc3c(F)c(-c4cc(O)cc5ccccc45)c(Cl)cc23)CC1. The Labute approximate surface area is 494 Å². The highest BCUT2D eigenvalue weighted by Crippen LogP contribution is 2.43.